The van der Waals surface area contributed by atoms with Crippen molar-refractivity contribution < 1.29 is 0 Å². The van der Waals surface area contributed by atoms with E-state index in [1.807, 2.05) is 11.8 Å². The van der Waals surface area contributed by atoms with Gasteiger partial charge in [0.05, 0.1) is 0 Å². The molecule has 0 aromatic carbocycles. The first kappa shape index (κ1) is 15.3. The van der Waals surface area contributed by atoms with Crippen molar-refractivity contribution in [2.45, 2.75) is 46.1 Å². The number of hydrogen-bond donors (Lipinski definition) is 1. The van der Waals surface area contributed by atoms with Gasteiger partial charge in [0.1, 0.15) is 0 Å². The maximum absolute atomic E-state index is 5.91. The summed E-state index contributed by atoms with van der Waals surface area (Å²) in [5.41, 5.74) is 6.39. The first-order chi connectivity index (χ1) is 7.99. The second-order valence-electron chi connectivity index (χ2n) is 6.35. The molecule has 1 fully saturated rings. The number of hydrogen-bond acceptors (Lipinski definition) is 3. The largest absolute Gasteiger partial charge is 0.329 e. The number of nitrogens with zero attached hydrogens (tertiary/aromatic N) is 1. The normalized spacial score (nSPS) is 21.7. The Balaban J connectivity index is 2.39. The lowest BCUT2D eigenvalue weighted by Crippen LogP contribution is -2.47. The van der Waals surface area contributed by atoms with Crippen LogP contribution in [-0.4, -0.2) is 42.6 Å². The van der Waals surface area contributed by atoms with E-state index in [9.17, 15) is 0 Å². The fourth-order valence-electron chi connectivity index (χ4n) is 2.83. The quantitative estimate of drug-likeness (QED) is 0.822. The van der Waals surface area contributed by atoms with Gasteiger partial charge in [-0.1, -0.05) is 20.8 Å². The molecule has 102 valence electrons. The molecular weight excluding hydrogens is 228 g/mol. The Bertz CT molecular complexity index is 205. The molecule has 2 N–H and O–H groups in total. The summed E-state index contributed by atoms with van der Waals surface area (Å²) >= 11 is 1.93. The van der Waals surface area contributed by atoms with Crippen LogP contribution >= 0.6 is 11.8 Å². The van der Waals surface area contributed by atoms with Crippen LogP contribution in [0.15, 0.2) is 0 Å². The molecule has 1 aliphatic heterocycles. The van der Waals surface area contributed by atoms with Crippen molar-refractivity contribution in [2.75, 3.05) is 31.6 Å². The molecule has 1 saturated heterocycles. The first-order valence-electron chi connectivity index (χ1n) is 6.92. The maximum atomic E-state index is 5.91. The van der Waals surface area contributed by atoms with Gasteiger partial charge in [0.25, 0.3) is 0 Å². The summed E-state index contributed by atoms with van der Waals surface area (Å²) in [5, 5.41) is 0. The average Bonchev–Trinajstić information content (AvgIpc) is 2.29. The number of thioether (sulfide) groups is 1. The van der Waals surface area contributed by atoms with Crippen LogP contribution < -0.4 is 5.73 Å². The van der Waals surface area contributed by atoms with Gasteiger partial charge in [-0.05, 0) is 55.7 Å². The molecule has 0 amide bonds. The van der Waals surface area contributed by atoms with Crippen LogP contribution in [-0.2, 0) is 0 Å². The fourth-order valence-corrected chi connectivity index (χ4v) is 3.34. The van der Waals surface area contributed by atoms with Gasteiger partial charge in [0.15, 0.2) is 0 Å². The number of nitrogens with two attached hydrogens (primary N) is 1. The highest BCUT2D eigenvalue weighted by Gasteiger charge is 2.30. The van der Waals surface area contributed by atoms with Crippen molar-refractivity contribution in [3.8, 4) is 0 Å². The van der Waals surface area contributed by atoms with Gasteiger partial charge >= 0.3 is 0 Å². The molecule has 1 heterocycles. The topological polar surface area (TPSA) is 29.3 Å². The number of rotatable bonds is 5. The SMILES string of the molecule is CSCCC(CN)N1CCC(C(C)(C)C)CC1. The van der Waals surface area contributed by atoms with Crippen LogP contribution in [0.4, 0.5) is 0 Å². The predicted molar refractivity (Wildman–Crippen MR) is 79.6 cm³/mol. The second kappa shape index (κ2) is 7.01. The van der Waals surface area contributed by atoms with Crippen molar-refractivity contribution in [1.29, 1.82) is 0 Å². The molecule has 17 heavy (non-hydrogen) atoms. The van der Waals surface area contributed by atoms with Crippen LogP contribution in [0, 0.1) is 11.3 Å². The molecule has 0 aromatic rings. The summed E-state index contributed by atoms with van der Waals surface area (Å²) in [7, 11) is 0. The van der Waals surface area contributed by atoms with E-state index in [0.29, 0.717) is 11.5 Å². The second-order valence-corrected chi connectivity index (χ2v) is 7.33. The third-order valence-electron chi connectivity index (χ3n) is 4.20. The number of likely N-dealkylation sites (tertiary alicyclic amines) is 1. The van der Waals surface area contributed by atoms with E-state index in [1.165, 1.54) is 38.1 Å². The predicted octanol–water partition coefficient (Wildman–Crippen LogP) is 2.82. The third kappa shape index (κ3) is 4.80. The Morgan fingerprint density at radius 3 is 2.29 bits per heavy atom. The highest BCUT2D eigenvalue weighted by Crippen LogP contribution is 2.34. The molecule has 0 aliphatic carbocycles. The minimum absolute atomic E-state index is 0.476. The van der Waals surface area contributed by atoms with Crippen LogP contribution in [0.25, 0.3) is 0 Å². The van der Waals surface area contributed by atoms with Crippen LogP contribution in [0.3, 0.4) is 0 Å². The Morgan fingerprint density at radius 2 is 1.88 bits per heavy atom. The highest BCUT2D eigenvalue weighted by molar-refractivity contribution is 7.98. The van der Waals surface area contributed by atoms with Crippen molar-refractivity contribution in [2.24, 2.45) is 17.1 Å². The zero-order chi connectivity index (χ0) is 12.9. The molecule has 0 bridgehead atoms. The molecule has 1 rings (SSSR count). The highest BCUT2D eigenvalue weighted by atomic mass is 32.2. The maximum Gasteiger partial charge on any atom is 0.0226 e. The molecule has 0 aromatic heterocycles. The molecule has 1 unspecified atom stereocenters. The molecule has 0 radical (unpaired) electrons. The Hall–Kier alpha value is 0.270. The summed E-state index contributed by atoms with van der Waals surface area (Å²) in [6.07, 6.45) is 6.12. The summed E-state index contributed by atoms with van der Waals surface area (Å²) in [6, 6.07) is 0.614. The van der Waals surface area contributed by atoms with Gasteiger partial charge in [-0.3, -0.25) is 4.90 Å². The van der Waals surface area contributed by atoms with E-state index in [-0.39, 0.29) is 0 Å². The Labute approximate surface area is 112 Å². The van der Waals surface area contributed by atoms with Crippen LogP contribution in [0.2, 0.25) is 0 Å². The van der Waals surface area contributed by atoms with Gasteiger partial charge in [-0.15, -0.1) is 0 Å². The van der Waals surface area contributed by atoms with Crippen molar-refractivity contribution in [3.05, 3.63) is 0 Å². The van der Waals surface area contributed by atoms with Gasteiger partial charge in [0.2, 0.25) is 0 Å². The van der Waals surface area contributed by atoms with Gasteiger partial charge in [0, 0.05) is 12.6 Å². The summed E-state index contributed by atoms with van der Waals surface area (Å²) in [6.45, 7) is 10.4. The number of piperidine rings is 1. The lowest BCUT2D eigenvalue weighted by atomic mass is 9.75. The van der Waals surface area contributed by atoms with E-state index < -0.39 is 0 Å². The standard InChI is InChI=1S/C14H30N2S/c1-14(2,3)12-5-8-16(9-6-12)13(11-15)7-10-17-4/h12-13H,5-11,15H2,1-4H3. The zero-order valence-electron chi connectivity index (χ0n) is 12.0. The molecule has 0 spiro atoms. The van der Waals surface area contributed by atoms with Crippen LogP contribution in [0.5, 0.6) is 0 Å². The van der Waals surface area contributed by atoms with Crippen LogP contribution in [0.1, 0.15) is 40.0 Å². The molecule has 0 saturated carbocycles. The molecule has 2 nitrogen and oxygen atoms in total. The van der Waals surface area contributed by atoms with E-state index in [1.54, 1.807) is 0 Å². The van der Waals surface area contributed by atoms with Gasteiger partial charge in [-0.2, -0.15) is 11.8 Å². The Morgan fingerprint density at radius 1 is 1.29 bits per heavy atom. The summed E-state index contributed by atoms with van der Waals surface area (Å²) in [5.74, 6) is 2.12. The first-order valence-corrected chi connectivity index (χ1v) is 8.31. The monoisotopic (exact) mass is 258 g/mol. The van der Waals surface area contributed by atoms with E-state index in [0.717, 1.165) is 12.5 Å². The fraction of sp³-hybridized carbons (Fsp3) is 1.00. The molecule has 3 heteroatoms. The summed E-state index contributed by atoms with van der Waals surface area (Å²) in [4.78, 5) is 2.62. The van der Waals surface area contributed by atoms with Gasteiger partial charge in [-0.25, -0.2) is 0 Å². The van der Waals surface area contributed by atoms with Crippen molar-refractivity contribution in [3.63, 3.8) is 0 Å². The smallest absolute Gasteiger partial charge is 0.0226 e. The van der Waals surface area contributed by atoms with E-state index >= 15 is 0 Å². The average molecular weight is 258 g/mol. The Kier molecular flexibility index (Phi) is 6.32. The molecule has 1 atom stereocenters. The minimum Gasteiger partial charge on any atom is -0.329 e. The van der Waals surface area contributed by atoms with Crippen molar-refractivity contribution >= 4 is 11.8 Å². The summed E-state index contributed by atoms with van der Waals surface area (Å²) < 4.78 is 0. The van der Waals surface area contributed by atoms with E-state index in [4.69, 9.17) is 5.73 Å². The molecule has 1 aliphatic rings. The third-order valence-corrected chi connectivity index (χ3v) is 4.84. The zero-order valence-corrected chi connectivity index (χ0v) is 12.9. The lowest BCUT2D eigenvalue weighted by Gasteiger charge is -2.41. The van der Waals surface area contributed by atoms with Gasteiger partial charge < -0.3 is 5.73 Å². The lowest BCUT2D eigenvalue weighted by molar-refractivity contribution is 0.0838. The van der Waals surface area contributed by atoms with Crippen molar-refractivity contribution in [1.82, 2.24) is 4.90 Å². The minimum atomic E-state index is 0.476. The van der Waals surface area contributed by atoms with E-state index in [2.05, 4.69) is 31.9 Å². The molecular formula is C14H30N2S.